The van der Waals surface area contributed by atoms with E-state index in [1.165, 1.54) is 5.56 Å². The van der Waals surface area contributed by atoms with E-state index in [1.54, 1.807) is 6.33 Å². The van der Waals surface area contributed by atoms with E-state index in [0.717, 1.165) is 29.4 Å². The van der Waals surface area contributed by atoms with Gasteiger partial charge in [0.2, 0.25) is 0 Å². The summed E-state index contributed by atoms with van der Waals surface area (Å²) in [7, 11) is 0. The summed E-state index contributed by atoms with van der Waals surface area (Å²) in [6.07, 6.45) is 5.53. The minimum atomic E-state index is -0.0184. The van der Waals surface area contributed by atoms with Crippen LogP contribution in [0.4, 0.5) is 5.82 Å². The molecule has 1 unspecified atom stereocenters. The van der Waals surface area contributed by atoms with E-state index in [2.05, 4.69) is 53.1 Å². The molecule has 0 fully saturated rings. The third-order valence-electron chi connectivity index (χ3n) is 4.35. The first kappa shape index (κ1) is 13.6. The molecular weight excluding hydrogens is 260 g/mol. The number of nitrogens with zero attached hydrogens (tertiary/aromatic N) is 2. The van der Waals surface area contributed by atoms with Crippen molar-refractivity contribution in [3.8, 4) is 0 Å². The van der Waals surface area contributed by atoms with Crippen LogP contribution >= 0.6 is 0 Å². The highest BCUT2D eigenvalue weighted by atomic mass is 14.9. The molecule has 4 nitrogen and oxygen atoms in total. The van der Waals surface area contributed by atoms with Crippen LogP contribution in [0.25, 0.3) is 11.0 Å². The van der Waals surface area contributed by atoms with Crippen molar-refractivity contribution in [2.24, 2.45) is 0 Å². The smallest absolute Gasteiger partial charge is 0.149 e. The molecule has 0 aliphatic heterocycles. The summed E-state index contributed by atoms with van der Waals surface area (Å²) in [4.78, 5) is 11.9. The monoisotopic (exact) mass is 280 g/mol. The SMILES string of the molecule is CCC(C)(Cc1ccccc1)c1cnc(N)c2[nH]cnc12. The Hall–Kier alpha value is -2.36. The van der Waals surface area contributed by atoms with E-state index >= 15 is 0 Å². The number of aromatic amines is 1. The van der Waals surface area contributed by atoms with Gasteiger partial charge in [0.15, 0.2) is 0 Å². The molecule has 2 heterocycles. The van der Waals surface area contributed by atoms with E-state index in [1.807, 2.05) is 12.3 Å². The fourth-order valence-corrected chi connectivity index (χ4v) is 2.85. The number of nitrogens with two attached hydrogens (primary N) is 1. The van der Waals surface area contributed by atoms with Crippen LogP contribution in [0.1, 0.15) is 31.4 Å². The second-order valence-corrected chi connectivity index (χ2v) is 5.76. The van der Waals surface area contributed by atoms with Crippen LogP contribution in [-0.4, -0.2) is 15.0 Å². The molecule has 108 valence electrons. The number of anilines is 1. The molecule has 3 N–H and O–H groups in total. The Morgan fingerprint density at radius 1 is 1.19 bits per heavy atom. The number of hydrogen-bond acceptors (Lipinski definition) is 3. The molecule has 2 aromatic heterocycles. The van der Waals surface area contributed by atoms with Crippen LogP contribution in [0.2, 0.25) is 0 Å². The largest absolute Gasteiger partial charge is 0.382 e. The van der Waals surface area contributed by atoms with Gasteiger partial charge in [-0.25, -0.2) is 9.97 Å². The summed E-state index contributed by atoms with van der Waals surface area (Å²) in [6, 6.07) is 10.5. The van der Waals surface area contributed by atoms with Gasteiger partial charge in [-0.05, 0) is 23.8 Å². The number of benzene rings is 1. The third-order valence-corrected chi connectivity index (χ3v) is 4.35. The lowest BCUT2D eigenvalue weighted by Gasteiger charge is -2.29. The molecule has 21 heavy (non-hydrogen) atoms. The minimum absolute atomic E-state index is 0.0184. The number of rotatable bonds is 4. The number of pyridine rings is 1. The molecule has 0 radical (unpaired) electrons. The number of H-pyrrole nitrogens is 1. The average molecular weight is 280 g/mol. The number of aromatic nitrogens is 3. The molecule has 1 aromatic carbocycles. The maximum absolute atomic E-state index is 5.92. The number of hydrogen-bond donors (Lipinski definition) is 2. The molecule has 3 rings (SSSR count). The Balaban J connectivity index is 2.09. The van der Waals surface area contributed by atoms with Gasteiger partial charge in [-0.3, -0.25) is 0 Å². The Labute approximate surface area is 124 Å². The van der Waals surface area contributed by atoms with Crippen molar-refractivity contribution >= 4 is 16.9 Å². The molecule has 3 aromatic rings. The highest BCUT2D eigenvalue weighted by Gasteiger charge is 2.28. The number of nitrogens with one attached hydrogen (secondary N) is 1. The Bertz CT molecular complexity index is 748. The van der Waals surface area contributed by atoms with Crippen molar-refractivity contribution < 1.29 is 0 Å². The molecule has 0 bridgehead atoms. The second-order valence-electron chi connectivity index (χ2n) is 5.76. The summed E-state index contributed by atoms with van der Waals surface area (Å²) in [6.45, 7) is 4.47. The van der Waals surface area contributed by atoms with Gasteiger partial charge in [0.1, 0.15) is 11.3 Å². The fourth-order valence-electron chi connectivity index (χ4n) is 2.85. The first-order valence-electron chi connectivity index (χ1n) is 7.26. The average Bonchev–Trinajstić information content (AvgIpc) is 2.98. The second kappa shape index (κ2) is 5.20. The van der Waals surface area contributed by atoms with E-state index in [4.69, 9.17) is 5.73 Å². The summed E-state index contributed by atoms with van der Waals surface area (Å²) in [5.41, 5.74) is 10.1. The first-order chi connectivity index (χ1) is 10.1. The first-order valence-corrected chi connectivity index (χ1v) is 7.26. The quantitative estimate of drug-likeness (QED) is 0.769. The van der Waals surface area contributed by atoms with Crippen LogP contribution in [0.15, 0.2) is 42.9 Å². The van der Waals surface area contributed by atoms with Crippen molar-refractivity contribution in [2.75, 3.05) is 5.73 Å². The lowest BCUT2D eigenvalue weighted by Crippen LogP contribution is -2.25. The predicted molar refractivity (Wildman–Crippen MR) is 86.1 cm³/mol. The highest BCUT2D eigenvalue weighted by molar-refractivity contribution is 5.87. The van der Waals surface area contributed by atoms with Gasteiger partial charge in [0.05, 0.1) is 11.8 Å². The molecule has 4 heteroatoms. The van der Waals surface area contributed by atoms with E-state index < -0.39 is 0 Å². The Morgan fingerprint density at radius 3 is 2.67 bits per heavy atom. The molecule has 0 aliphatic rings. The van der Waals surface area contributed by atoms with Gasteiger partial charge in [0.25, 0.3) is 0 Å². The molecule has 0 saturated carbocycles. The Morgan fingerprint density at radius 2 is 1.95 bits per heavy atom. The number of imidazole rings is 1. The molecule has 0 amide bonds. The van der Waals surface area contributed by atoms with Crippen molar-refractivity contribution in [3.63, 3.8) is 0 Å². The standard InChI is InChI=1S/C17H20N4/c1-3-17(2,9-12-7-5-4-6-8-12)13-10-19-16(18)15-14(13)20-11-21-15/h4-8,10-11H,3,9H2,1-2H3,(H2,18,19)(H,20,21). The van der Waals surface area contributed by atoms with Crippen LogP contribution in [0, 0.1) is 0 Å². The minimum Gasteiger partial charge on any atom is -0.382 e. The third kappa shape index (κ3) is 2.37. The van der Waals surface area contributed by atoms with Gasteiger partial charge in [-0.1, -0.05) is 44.2 Å². The van der Waals surface area contributed by atoms with E-state index in [9.17, 15) is 0 Å². The van der Waals surface area contributed by atoms with Crippen LogP contribution in [-0.2, 0) is 11.8 Å². The van der Waals surface area contributed by atoms with Crippen molar-refractivity contribution in [1.82, 2.24) is 15.0 Å². The van der Waals surface area contributed by atoms with Gasteiger partial charge in [-0.15, -0.1) is 0 Å². The van der Waals surface area contributed by atoms with Crippen LogP contribution < -0.4 is 5.73 Å². The molecule has 0 saturated heterocycles. The normalized spacial score (nSPS) is 14.2. The van der Waals surface area contributed by atoms with E-state index in [0.29, 0.717) is 5.82 Å². The van der Waals surface area contributed by atoms with Crippen LogP contribution in [0.5, 0.6) is 0 Å². The summed E-state index contributed by atoms with van der Waals surface area (Å²) >= 11 is 0. The zero-order chi connectivity index (χ0) is 14.9. The lowest BCUT2D eigenvalue weighted by atomic mass is 9.75. The maximum Gasteiger partial charge on any atom is 0.149 e. The van der Waals surface area contributed by atoms with Gasteiger partial charge in [0, 0.05) is 11.8 Å². The maximum atomic E-state index is 5.92. The molecule has 0 spiro atoms. The molecule has 1 atom stereocenters. The topological polar surface area (TPSA) is 67.6 Å². The van der Waals surface area contributed by atoms with E-state index in [-0.39, 0.29) is 5.41 Å². The summed E-state index contributed by atoms with van der Waals surface area (Å²) < 4.78 is 0. The van der Waals surface area contributed by atoms with Crippen molar-refractivity contribution in [2.45, 2.75) is 32.1 Å². The predicted octanol–water partition coefficient (Wildman–Crippen LogP) is 3.45. The Kier molecular flexibility index (Phi) is 3.37. The number of nitrogen functional groups attached to an aromatic ring is 1. The number of fused-ring (bicyclic) bond motifs is 1. The zero-order valence-corrected chi connectivity index (χ0v) is 12.4. The molecule has 0 aliphatic carbocycles. The molecular formula is C17H20N4. The zero-order valence-electron chi connectivity index (χ0n) is 12.4. The summed E-state index contributed by atoms with van der Waals surface area (Å²) in [5.74, 6) is 0.504. The lowest BCUT2D eigenvalue weighted by molar-refractivity contribution is 0.454. The fraction of sp³-hybridized carbons (Fsp3) is 0.294. The van der Waals surface area contributed by atoms with Crippen molar-refractivity contribution in [1.29, 1.82) is 0 Å². The van der Waals surface area contributed by atoms with Crippen molar-refractivity contribution in [3.05, 3.63) is 54.0 Å². The van der Waals surface area contributed by atoms with Crippen LogP contribution in [0.3, 0.4) is 0 Å². The van der Waals surface area contributed by atoms with Gasteiger partial charge >= 0.3 is 0 Å². The summed E-state index contributed by atoms with van der Waals surface area (Å²) in [5, 5.41) is 0. The van der Waals surface area contributed by atoms with Gasteiger partial charge in [-0.2, -0.15) is 0 Å². The van der Waals surface area contributed by atoms with Gasteiger partial charge < -0.3 is 10.7 Å². The highest BCUT2D eigenvalue weighted by Crippen LogP contribution is 2.35.